The van der Waals surface area contributed by atoms with E-state index in [2.05, 4.69) is 0 Å². The Hall–Kier alpha value is -1.76. The van der Waals surface area contributed by atoms with Crippen molar-refractivity contribution >= 4 is 0 Å². The van der Waals surface area contributed by atoms with Crippen molar-refractivity contribution < 1.29 is 115 Å². The smallest absolute Gasteiger partial charge is 0.338 e. The number of hydrogen-bond acceptors (Lipinski definition) is 2. The van der Waals surface area contributed by atoms with Gasteiger partial charge < -0.3 is 9.47 Å². The summed E-state index contributed by atoms with van der Waals surface area (Å²) in [6.07, 6.45) is -62.6. The zero-order chi connectivity index (χ0) is 32.1. The first-order valence-corrected chi connectivity index (χ1v) is 8.32. The Kier molecular flexibility index (Phi) is 7.80. The van der Waals surface area contributed by atoms with Crippen molar-refractivity contribution in [3.63, 3.8) is 0 Å². The van der Waals surface area contributed by atoms with Crippen molar-refractivity contribution in [2.45, 2.75) is 78.2 Å². The summed E-state index contributed by atoms with van der Waals surface area (Å²) >= 11 is 0. The maximum atomic E-state index is 14.5. The first-order valence-electron chi connectivity index (χ1n) is 8.32. The average molecular weight is 646 g/mol. The fraction of sp³-hybridized carbons (Fsp3) is 1.00. The molecule has 1 unspecified atom stereocenters. The van der Waals surface area contributed by atoms with Gasteiger partial charge in [-0.3, -0.25) is 0 Å². The Balaban J connectivity index is 4.11. The summed E-state index contributed by atoms with van der Waals surface area (Å²) in [4.78, 5) is 0. The van der Waals surface area contributed by atoms with Gasteiger partial charge in [-0.2, -0.15) is 96.6 Å². The summed E-state index contributed by atoms with van der Waals surface area (Å²) in [5.74, 6) is -23.9. The normalized spacial score (nSPS) is 27.7. The minimum Gasteiger partial charge on any atom is -0.338 e. The summed E-state index contributed by atoms with van der Waals surface area (Å²) in [5.41, 5.74) is -16.8. The van der Waals surface area contributed by atoms with Gasteiger partial charge in [0, 0.05) is 0 Å². The second kappa shape index (κ2) is 8.62. The third-order valence-electron chi connectivity index (χ3n) is 4.83. The molecule has 1 aliphatic rings. The molecule has 39 heavy (non-hydrogen) atoms. The molecule has 0 radical (unpaired) electrons. The van der Waals surface area contributed by atoms with E-state index in [9.17, 15) is 105 Å². The third-order valence-corrected chi connectivity index (χ3v) is 4.83. The second-order valence-electron chi connectivity index (χ2n) is 7.23. The van der Waals surface area contributed by atoms with Crippen LogP contribution in [-0.4, -0.2) is 78.2 Å². The zero-order valence-electron chi connectivity index (χ0n) is 16.5. The predicted octanol–water partition coefficient (Wildman–Crippen LogP) is 7.53. The van der Waals surface area contributed by atoms with Crippen LogP contribution < -0.4 is 0 Å². The highest BCUT2D eigenvalue weighted by Crippen LogP contribution is 2.66. The van der Waals surface area contributed by atoms with E-state index in [0.717, 1.165) is 0 Å². The van der Waals surface area contributed by atoms with E-state index < -0.39 is 78.2 Å². The molecule has 1 saturated carbocycles. The summed E-state index contributed by atoms with van der Waals surface area (Å²) in [6, 6.07) is 0. The van der Waals surface area contributed by atoms with Crippen LogP contribution in [0, 0.1) is 0 Å². The fourth-order valence-corrected chi connectivity index (χ4v) is 2.96. The monoisotopic (exact) mass is 646 g/mol. The highest BCUT2D eigenvalue weighted by atomic mass is 19.4. The van der Waals surface area contributed by atoms with Gasteiger partial charge in [-0.15, -0.1) is 0 Å². The van der Waals surface area contributed by atoms with E-state index in [-0.39, 0.29) is 0 Å². The van der Waals surface area contributed by atoms with Crippen molar-refractivity contribution in [2.24, 2.45) is 0 Å². The van der Waals surface area contributed by atoms with Crippen molar-refractivity contribution in [2.75, 3.05) is 0 Å². The van der Waals surface area contributed by atoms with Crippen molar-refractivity contribution in [3.05, 3.63) is 0 Å². The van der Waals surface area contributed by atoms with E-state index in [4.69, 9.17) is 0 Å². The van der Waals surface area contributed by atoms with Crippen LogP contribution in [0.15, 0.2) is 0 Å². The van der Waals surface area contributed by atoms with Crippen LogP contribution >= 0.6 is 0 Å². The number of hydrogen-bond donors (Lipinski definition) is 0. The lowest BCUT2D eigenvalue weighted by atomic mass is 9.99. The van der Waals surface area contributed by atoms with Crippen molar-refractivity contribution in [3.8, 4) is 0 Å². The molecule has 1 fully saturated rings. The second-order valence-corrected chi connectivity index (χ2v) is 7.23. The maximum absolute atomic E-state index is 14.5. The molecule has 1 aliphatic carbocycles. The van der Waals surface area contributed by atoms with Gasteiger partial charge in [0.05, 0.1) is 0 Å². The molecule has 0 N–H and O–H groups in total. The van der Waals surface area contributed by atoms with E-state index in [1.807, 2.05) is 0 Å². The Morgan fingerprint density at radius 1 is 0.436 bits per heavy atom. The van der Waals surface area contributed by atoms with Crippen LogP contribution in [0.5, 0.6) is 0 Å². The molecule has 234 valence electrons. The third kappa shape index (κ3) is 4.49. The summed E-state index contributed by atoms with van der Waals surface area (Å²) in [7, 11) is 0. The number of alkyl halides is 24. The van der Waals surface area contributed by atoms with Crippen LogP contribution in [-0.2, 0) is 9.47 Å². The van der Waals surface area contributed by atoms with E-state index in [1.54, 1.807) is 4.74 Å². The molecule has 0 aromatic heterocycles. The Morgan fingerprint density at radius 3 is 0.923 bits per heavy atom. The molecule has 0 aromatic rings. The molecular weight excluding hydrogens is 644 g/mol. The van der Waals surface area contributed by atoms with Crippen LogP contribution in [0.25, 0.3) is 0 Å². The predicted molar refractivity (Wildman–Crippen MR) is 66.4 cm³/mol. The van der Waals surface area contributed by atoms with Gasteiger partial charge in [-0.25, -0.2) is 8.78 Å². The maximum Gasteiger partial charge on any atom is 0.435 e. The lowest BCUT2D eigenvalue weighted by molar-refractivity contribution is -0.502. The Morgan fingerprint density at radius 2 is 0.692 bits per heavy atom. The lowest BCUT2D eigenvalue weighted by Gasteiger charge is -2.43. The number of rotatable bonds is 4. The number of halogens is 24. The minimum absolute atomic E-state index is 1.47. The van der Waals surface area contributed by atoms with Crippen LogP contribution in [0.1, 0.15) is 0 Å². The molecule has 0 spiro atoms. The average Bonchev–Trinajstić information content (AvgIpc) is 2.67. The molecular formula is C13H2F24O2. The minimum atomic E-state index is -8.49. The van der Waals surface area contributed by atoms with Crippen LogP contribution in [0.3, 0.4) is 0 Å². The van der Waals surface area contributed by atoms with Crippen molar-refractivity contribution in [1.29, 1.82) is 0 Å². The van der Waals surface area contributed by atoms with Gasteiger partial charge >= 0.3 is 66.0 Å². The van der Waals surface area contributed by atoms with Gasteiger partial charge in [0.2, 0.25) is 0 Å². The van der Waals surface area contributed by atoms with E-state index >= 15 is 0 Å². The Labute approximate surface area is 194 Å². The van der Waals surface area contributed by atoms with E-state index in [0.29, 0.717) is 0 Å². The molecule has 0 bridgehead atoms. The SMILES string of the molecule is F[C@H]1[C@@H](OC(C(F)(F)F)(C(F)(F)F)C(F)(F)F)C(F)(F)C(F)(F)C1(F)OC(C(F)(F)F)(C(F)(F)F)C(F)(F)F. The van der Waals surface area contributed by atoms with Crippen molar-refractivity contribution in [1.82, 2.24) is 0 Å². The van der Waals surface area contributed by atoms with E-state index in [1.165, 1.54) is 4.74 Å². The highest BCUT2D eigenvalue weighted by Gasteiger charge is 2.96. The first kappa shape index (κ1) is 35.3. The molecule has 0 saturated heterocycles. The van der Waals surface area contributed by atoms with Gasteiger partial charge in [-0.05, 0) is 0 Å². The van der Waals surface area contributed by atoms with Crippen LogP contribution in [0.2, 0.25) is 0 Å². The molecule has 3 atom stereocenters. The molecule has 0 aliphatic heterocycles. The van der Waals surface area contributed by atoms with Crippen LogP contribution in [0.4, 0.5) is 105 Å². The summed E-state index contributed by atoms with van der Waals surface area (Å²) in [5, 5.41) is 0. The molecule has 26 heteroatoms. The summed E-state index contributed by atoms with van der Waals surface area (Å²) in [6.45, 7) is 0. The standard InChI is InChI=1S/C13H2F24O2/c14-1-2(38-5(8(20,21)22,9(23,24)25)10(26,27)28)3(15,16)7(18,19)4(1,17)39-6(11(29,30)31,12(32,33)34)13(35,36)37/h1-2H/t1-,2+,4?/m0/s1. The molecule has 1 rings (SSSR count). The number of ether oxygens (including phenoxy) is 2. The molecule has 0 aromatic carbocycles. The van der Waals surface area contributed by atoms with Gasteiger partial charge in [0.15, 0.2) is 12.3 Å². The lowest BCUT2D eigenvalue weighted by Crippen LogP contribution is -2.72. The summed E-state index contributed by atoms with van der Waals surface area (Å²) < 4.78 is 319. The van der Waals surface area contributed by atoms with Gasteiger partial charge in [0.25, 0.3) is 0 Å². The molecule has 0 amide bonds. The quantitative estimate of drug-likeness (QED) is 0.295. The topological polar surface area (TPSA) is 18.5 Å². The molecule has 0 heterocycles. The highest BCUT2D eigenvalue weighted by molar-refractivity contribution is 5.20. The van der Waals surface area contributed by atoms with Gasteiger partial charge in [0.1, 0.15) is 0 Å². The molecule has 2 nitrogen and oxygen atoms in total. The zero-order valence-corrected chi connectivity index (χ0v) is 16.5. The Bertz CT molecular complexity index is 824. The first-order chi connectivity index (χ1) is 16.5. The largest absolute Gasteiger partial charge is 0.435 e. The fourth-order valence-electron chi connectivity index (χ4n) is 2.96. The van der Waals surface area contributed by atoms with Gasteiger partial charge in [-0.1, -0.05) is 0 Å².